The molecular formula is C14H13F3O2S. The molecule has 2 aromatic rings. The normalized spacial score (nSPS) is 14.9. The highest BCUT2D eigenvalue weighted by Crippen LogP contribution is 2.40. The van der Waals surface area contributed by atoms with Crippen LogP contribution in [-0.4, -0.2) is 11.5 Å². The maximum absolute atomic E-state index is 12.4. The summed E-state index contributed by atoms with van der Waals surface area (Å²) in [5.41, 5.74) is -0.634. The Labute approximate surface area is 118 Å². The largest absolute Gasteiger partial charge is 0.573 e. The van der Waals surface area contributed by atoms with Gasteiger partial charge in [-0.15, -0.1) is 24.5 Å². The van der Waals surface area contributed by atoms with Crippen LogP contribution in [0.2, 0.25) is 0 Å². The van der Waals surface area contributed by atoms with Crippen LogP contribution in [0.25, 0.3) is 0 Å². The van der Waals surface area contributed by atoms with Gasteiger partial charge in [-0.1, -0.05) is 18.2 Å². The summed E-state index contributed by atoms with van der Waals surface area (Å²) in [7, 11) is 0. The van der Waals surface area contributed by atoms with Gasteiger partial charge in [0.1, 0.15) is 11.4 Å². The van der Waals surface area contributed by atoms with E-state index in [0.717, 1.165) is 5.56 Å². The molecule has 1 heterocycles. The fraction of sp³-hybridized carbons (Fsp3) is 0.286. The number of thiophene rings is 1. The van der Waals surface area contributed by atoms with Crippen LogP contribution in [0.4, 0.5) is 13.2 Å². The molecular weight excluding hydrogens is 289 g/mol. The third kappa shape index (κ3) is 2.96. The summed E-state index contributed by atoms with van der Waals surface area (Å²) in [4.78, 5) is 0.593. The zero-order valence-electron chi connectivity index (χ0n) is 10.9. The minimum absolute atomic E-state index is 0.0860. The number of aryl methyl sites for hydroxylation is 1. The van der Waals surface area contributed by atoms with Gasteiger partial charge in [0.25, 0.3) is 0 Å². The molecule has 0 bridgehead atoms. The van der Waals surface area contributed by atoms with Gasteiger partial charge in [0.2, 0.25) is 0 Å². The highest BCUT2D eigenvalue weighted by Gasteiger charge is 2.37. The molecule has 108 valence electrons. The minimum Gasteiger partial charge on any atom is -0.405 e. The second kappa shape index (κ2) is 5.10. The Bertz CT molecular complexity index is 602. The van der Waals surface area contributed by atoms with Gasteiger partial charge in [0.05, 0.1) is 0 Å². The van der Waals surface area contributed by atoms with Crippen LogP contribution in [-0.2, 0) is 5.60 Å². The van der Waals surface area contributed by atoms with Gasteiger partial charge in [0, 0.05) is 10.4 Å². The van der Waals surface area contributed by atoms with E-state index in [2.05, 4.69) is 4.74 Å². The number of para-hydroxylation sites is 1. The summed E-state index contributed by atoms with van der Waals surface area (Å²) in [5, 5.41) is 12.5. The number of halogens is 3. The number of ether oxygens (including phenoxy) is 1. The molecule has 0 aliphatic carbocycles. The maximum atomic E-state index is 12.4. The summed E-state index contributed by atoms with van der Waals surface area (Å²) in [6, 6.07) is 7.43. The minimum atomic E-state index is -4.79. The summed E-state index contributed by atoms with van der Waals surface area (Å²) in [6.45, 7) is 3.26. The average Bonchev–Trinajstić information content (AvgIpc) is 2.74. The second-order valence-corrected chi connectivity index (χ2v) is 5.47. The first kappa shape index (κ1) is 14.9. The van der Waals surface area contributed by atoms with E-state index in [9.17, 15) is 18.3 Å². The number of aliphatic hydroxyl groups is 1. The molecule has 20 heavy (non-hydrogen) atoms. The molecule has 0 saturated carbocycles. The average molecular weight is 302 g/mol. The van der Waals surface area contributed by atoms with Crippen molar-refractivity contribution < 1.29 is 23.0 Å². The molecule has 0 spiro atoms. The zero-order valence-corrected chi connectivity index (χ0v) is 11.7. The molecule has 6 heteroatoms. The summed E-state index contributed by atoms with van der Waals surface area (Å²) < 4.78 is 41.3. The van der Waals surface area contributed by atoms with Crippen LogP contribution in [0.15, 0.2) is 35.7 Å². The van der Waals surface area contributed by atoms with Crippen molar-refractivity contribution in [3.63, 3.8) is 0 Å². The predicted molar refractivity (Wildman–Crippen MR) is 70.9 cm³/mol. The van der Waals surface area contributed by atoms with E-state index in [4.69, 9.17) is 0 Å². The fourth-order valence-electron chi connectivity index (χ4n) is 2.08. The van der Waals surface area contributed by atoms with E-state index in [0.29, 0.717) is 4.88 Å². The standard InChI is InChI=1S/C14H13F3O2S/c1-9-7-8-20-12(9)13(2,18)10-5-3-4-6-11(10)19-14(15,16)17/h3-8,18H,1-2H3. The van der Waals surface area contributed by atoms with Crippen molar-refractivity contribution in [3.8, 4) is 5.75 Å². The molecule has 0 aliphatic heterocycles. The SMILES string of the molecule is Cc1ccsc1C(C)(O)c1ccccc1OC(F)(F)F. The van der Waals surface area contributed by atoms with Crippen molar-refractivity contribution in [1.82, 2.24) is 0 Å². The highest BCUT2D eigenvalue weighted by molar-refractivity contribution is 7.10. The number of rotatable bonds is 3. The molecule has 0 amide bonds. The molecule has 1 N–H and O–H groups in total. The van der Waals surface area contributed by atoms with Crippen molar-refractivity contribution in [1.29, 1.82) is 0 Å². The first-order chi connectivity index (χ1) is 9.22. The quantitative estimate of drug-likeness (QED) is 0.920. The van der Waals surface area contributed by atoms with E-state index in [1.165, 1.54) is 36.5 Å². The van der Waals surface area contributed by atoms with Gasteiger partial charge in [-0.25, -0.2) is 0 Å². The number of hydrogen-bond acceptors (Lipinski definition) is 3. The highest BCUT2D eigenvalue weighted by atomic mass is 32.1. The maximum Gasteiger partial charge on any atom is 0.573 e. The first-order valence-corrected chi connectivity index (χ1v) is 6.72. The summed E-state index contributed by atoms with van der Waals surface area (Å²) in [5.74, 6) is -0.391. The lowest BCUT2D eigenvalue weighted by Gasteiger charge is -2.26. The predicted octanol–water partition coefficient (Wildman–Crippen LogP) is 4.21. The van der Waals surface area contributed by atoms with Crippen molar-refractivity contribution in [3.05, 3.63) is 51.7 Å². The van der Waals surface area contributed by atoms with Gasteiger partial charge < -0.3 is 9.84 Å². The molecule has 1 atom stereocenters. The van der Waals surface area contributed by atoms with E-state index in [1.54, 1.807) is 18.4 Å². The van der Waals surface area contributed by atoms with Crippen LogP contribution in [0.5, 0.6) is 5.75 Å². The third-order valence-corrected chi connectivity index (χ3v) is 4.17. The van der Waals surface area contributed by atoms with Crippen molar-refractivity contribution in [2.75, 3.05) is 0 Å². The molecule has 0 radical (unpaired) electrons. The second-order valence-electron chi connectivity index (χ2n) is 4.55. The van der Waals surface area contributed by atoms with Crippen LogP contribution in [0.1, 0.15) is 22.9 Å². The molecule has 0 aliphatic rings. The van der Waals surface area contributed by atoms with Gasteiger partial charge in [-0.3, -0.25) is 0 Å². The monoisotopic (exact) mass is 302 g/mol. The zero-order chi connectivity index (χ0) is 15.0. The number of hydrogen-bond donors (Lipinski definition) is 1. The molecule has 1 aromatic heterocycles. The van der Waals surface area contributed by atoms with Gasteiger partial charge >= 0.3 is 6.36 Å². The van der Waals surface area contributed by atoms with E-state index >= 15 is 0 Å². The van der Waals surface area contributed by atoms with Gasteiger partial charge in [-0.2, -0.15) is 0 Å². The lowest BCUT2D eigenvalue weighted by atomic mass is 9.91. The molecule has 1 aromatic carbocycles. The Morgan fingerprint density at radius 2 is 1.80 bits per heavy atom. The van der Waals surface area contributed by atoms with Crippen molar-refractivity contribution >= 4 is 11.3 Å². The Morgan fingerprint density at radius 1 is 1.15 bits per heavy atom. The molecule has 0 fully saturated rings. The Kier molecular flexibility index (Phi) is 3.80. The number of benzene rings is 1. The molecule has 2 nitrogen and oxygen atoms in total. The van der Waals surface area contributed by atoms with Crippen LogP contribution >= 0.6 is 11.3 Å². The Balaban J connectivity index is 2.50. The first-order valence-electron chi connectivity index (χ1n) is 5.84. The van der Waals surface area contributed by atoms with E-state index < -0.39 is 17.7 Å². The number of alkyl halides is 3. The van der Waals surface area contributed by atoms with Crippen molar-refractivity contribution in [2.45, 2.75) is 25.8 Å². The lowest BCUT2D eigenvalue weighted by Crippen LogP contribution is -2.26. The van der Waals surface area contributed by atoms with Gasteiger partial charge in [0.15, 0.2) is 0 Å². The molecule has 2 rings (SSSR count). The Hall–Kier alpha value is -1.53. The molecule has 0 saturated heterocycles. The third-order valence-electron chi connectivity index (χ3n) is 2.94. The van der Waals surface area contributed by atoms with Crippen molar-refractivity contribution in [2.24, 2.45) is 0 Å². The van der Waals surface area contributed by atoms with Crippen LogP contribution < -0.4 is 4.74 Å². The summed E-state index contributed by atoms with van der Waals surface area (Å²) >= 11 is 1.29. The summed E-state index contributed by atoms with van der Waals surface area (Å²) in [6.07, 6.45) is -4.79. The van der Waals surface area contributed by atoms with Gasteiger partial charge in [-0.05, 0) is 36.9 Å². The van der Waals surface area contributed by atoms with E-state index in [-0.39, 0.29) is 5.56 Å². The smallest absolute Gasteiger partial charge is 0.405 e. The fourth-order valence-corrected chi connectivity index (χ4v) is 3.08. The Morgan fingerprint density at radius 3 is 2.35 bits per heavy atom. The van der Waals surface area contributed by atoms with Crippen LogP contribution in [0.3, 0.4) is 0 Å². The van der Waals surface area contributed by atoms with Crippen LogP contribution in [0, 0.1) is 6.92 Å². The van der Waals surface area contributed by atoms with E-state index in [1.807, 2.05) is 6.07 Å². The lowest BCUT2D eigenvalue weighted by molar-refractivity contribution is -0.275. The topological polar surface area (TPSA) is 29.5 Å². The molecule has 1 unspecified atom stereocenters.